The molecule has 0 aliphatic heterocycles. The van der Waals surface area contributed by atoms with Crippen molar-refractivity contribution in [2.45, 2.75) is 44.4 Å². The Morgan fingerprint density at radius 1 is 0.667 bits per heavy atom. The first-order chi connectivity index (χ1) is 19.2. The van der Waals surface area contributed by atoms with Crippen molar-refractivity contribution in [3.63, 3.8) is 0 Å². The van der Waals surface area contributed by atoms with Crippen LogP contribution in [0.3, 0.4) is 0 Å². The van der Waals surface area contributed by atoms with Crippen molar-refractivity contribution >= 4 is 12.4 Å². The molecule has 3 heteroatoms. The van der Waals surface area contributed by atoms with Crippen LogP contribution in [-0.2, 0) is 17.6 Å². The zero-order valence-corrected chi connectivity index (χ0v) is 22.8. The summed E-state index contributed by atoms with van der Waals surface area (Å²) in [5.74, 6) is 0. The summed E-state index contributed by atoms with van der Waals surface area (Å²) in [4.78, 5) is 10.2. The van der Waals surface area contributed by atoms with E-state index in [-0.39, 0.29) is 18.2 Å². The number of aliphatic imine (C=N–C) groups is 2. The van der Waals surface area contributed by atoms with Crippen molar-refractivity contribution in [3.05, 3.63) is 156 Å². The van der Waals surface area contributed by atoms with Crippen molar-refractivity contribution in [1.29, 1.82) is 0 Å². The van der Waals surface area contributed by atoms with Crippen LogP contribution in [0.25, 0.3) is 0 Å². The molecule has 0 heterocycles. The Balaban J connectivity index is 1.64. The normalized spacial score (nSPS) is 13.9. The van der Waals surface area contributed by atoms with Crippen molar-refractivity contribution in [1.82, 2.24) is 0 Å². The summed E-state index contributed by atoms with van der Waals surface area (Å²) in [6.45, 7) is 6.60. The van der Waals surface area contributed by atoms with Gasteiger partial charge in [0.15, 0.2) is 0 Å². The fraction of sp³-hybridized carbons (Fsp3) is 0.222. The van der Waals surface area contributed by atoms with Crippen LogP contribution in [-0.4, -0.2) is 37.2 Å². The zero-order valence-electron chi connectivity index (χ0n) is 22.8. The highest BCUT2D eigenvalue weighted by molar-refractivity contribution is 5.80. The van der Waals surface area contributed by atoms with E-state index < -0.39 is 0 Å². The number of hydrogen-bond acceptors (Lipinski definition) is 3. The minimum atomic E-state index is -0.136. The predicted molar refractivity (Wildman–Crippen MR) is 165 cm³/mol. The molecule has 0 saturated carbocycles. The molecule has 4 aromatic carbocycles. The second-order valence-electron chi connectivity index (χ2n) is 10.0. The number of ether oxygens (including phenoxy) is 1. The van der Waals surface area contributed by atoms with Gasteiger partial charge in [-0.25, -0.2) is 0 Å². The molecular weight excluding hydrogens is 476 g/mol. The third kappa shape index (κ3) is 9.96. The predicted octanol–water partition coefficient (Wildman–Crippen LogP) is 7.80. The Hall–Kier alpha value is -4.08. The highest BCUT2D eigenvalue weighted by Gasteiger charge is 2.26. The van der Waals surface area contributed by atoms with Crippen LogP contribution in [0.4, 0.5) is 0 Å². The molecule has 4 aromatic rings. The summed E-state index contributed by atoms with van der Waals surface area (Å²) in [7, 11) is 0. The average Bonchev–Trinajstić information content (AvgIpc) is 2.98. The molecule has 3 atom stereocenters. The Bertz CT molecular complexity index is 1300. The number of hydrogen-bond donors (Lipinski definition) is 0. The van der Waals surface area contributed by atoms with E-state index in [2.05, 4.69) is 91.5 Å². The lowest BCUT2D eigenvalue weighted by molar-refractivity contribution is 0.0407. The molecule has 0 amide bonds. The molecule has 0 aliphatic carbocycles. The van der Waals surface area contributed by atoms with Crippen LogP contribution < -0.4 is 0 Å². The van der Waals surface area contributed by atoms with Gasteiger partial charge >= 0.3 is 0 Å². The van der Waals surface area contributed by atoms with Crippen LogP contribution >= 0.6 is 0 Å². The zero-order chi connectivity index (χ0) is 27.1. The van der Waals surface area contributed by atoms with Crippen LogP contribution in [0.5, 0.6) is 0 Å². The fourth-order valence-corrected chi connectivity index (χ4v) is 4.52. The maximum atomic E-state index is 6.56. The van der Waals surface area contributed by atoms with Gasteiger partial charge in [0.25, 0.3) is 0 Å². The van der Waals surface area contributed by atoms with Gasteiger partial charge in [-0.3, -0.25) is 9.98 Å². The van der Waals surface area contributed by atoms with Gasteiger partial charge in [0, 0.05) is 12.4 Å². The van der Waals surface area contributed by atoms with Gasteiger partial charge < -0.3 is 4.74 Å². The molecule has 3 nitrogen and oxygen atoms in total. The number of nitrogens with zero attached hydrogens (tertiary/aromatic N) is 2. The third-order valence-electron chi connectivity index (χ3n) is 6.53. The Morgan fingerprint density at radius 2 is 1.13 bits per heavy atom. The van der Waals surface area contributed by atoms with Crippen LogP contribution in [0, 0.1) is 0 Å². The fourth-order valence-electron chi connectivity index (χ4n) is 4.52. The molecule has 198 valence electrons. The van der Waals surface area contributed by atoms with Crippen LogP contribution in [0.15, 0.2) is 143 Å². The van der Waals surface area contributed by atoms with E-state index in [0.29, 0.717) is 6.61 Å². The first-order valence-electron chi connectivity index (χ1n) is 13.7. The monoisotopic (exact) mass is 514 g/mol. The first-order valence-corrected chi connectivity index (χ1v) is 13.7. The van der Waals surface area contributed by atoms with Crippen molar-refractivity contribution in [2.75, 3.05) is 6.61 Å². The maximum absolute atomic E-state index is 6.56. The van der Waals surface area contributed by atoms with E-state index in [1.54, 1.807) is 0 Å². The molecular formula is C36H38N2O. The van der Waals surface area contributed by atoms with Gasteiger partial charge in [-0.05, 0) is 48.4 Å². The van der Waals surface area contributed by atoms with Crippen LogP contribution in [0.1, 0.15) is 35.6 Å². The average molecular weight is 515 g/mol. The highest BCUT2D eigenvalue weighted by atomic mass is 16.5. The lowest BCUT2D eigenvalue weighted by Gasteiger charge is -2.28. The van der Waals surface area contributed by atoms with Crippen molar-refractivity contribution in [2.24, 2.45) is 9.98 Å². The Labute approximate surface area is 233 Å². The molecule has 0 fully saturated rings. The molecule has 0 bridgehead atoms. The topological polar surface area (TPSA) is 34.0 Å². The smallest absolute Gasteiger partial charge is 0.0826 e. The lowest BCUT2D eigenvalue weighted by atomic mass is 9.94. The van der Waals surface area contributed by atoms with E-state index in [0.717, 1.165) is 36.0 Å². The Kier molecular flexibility index (Phi) is 11.0. The molecule has 4 rings (SSSR count). The molecule has 0 radical (unpaired) electrons. The van der Waals surface area contributed by atoms with Gasteiger partial charge in [-0.2, -0.15) is 0 Å². The highest BCUT2D eigenvalue weighted by Crippen LogP contribution is 2.21. The number of rotatable bonds is 14. The second kappa shape index (κ2) is 15.4. The number of benzene rings is 4. The van der Waals surface area contributed by atoms with Crippen molar-refractivity contribution < 1.29 is 4.74 Å². The van der Waals surface area contributed by atoms with Gasteiger partial charge in [0.05, 0.1) is 24.8 Å². The van der Waals surface area contributed by atoms with E-state index in [4.69, 9.17) is 14.7 Å². The largest absolute Gasteiger partial charge is 0.372 e. The minimum Gasteiger partial charge on any atom is -0.372 e. The van der Waals surface area contributed by atoms with Gasteiger partial charge in [-0.1, -0.05) is 133 Å². The molecule has 39 heavy (non-hydrogen) atoms. The van der Waals surface area contributed by atoms with Gasteiger partial charge in [0.1, 0.15) is 0 Å². The molecule has 0 N–H and O–H groups in total. The summed E-state index contributed by atoms with van der Waals surface area (Å²) in [6.07, 6.45) is 6.19. The third-order valence-corrected chi connectivity index (χ3v) is 6.53. The standard InChI is InChI=1S/C36H38N2O/c1-29(2)28-39-36(35(24-31-17-9-4-10-18-31)38-27-33-21-13-6-14-22-33)25-34(23-30-15-7-3-8-16-30)37-26-32-19-11-5-12-20-32/h3-22,26-27,34-36H,1,23-25,28H2,2H3/t34-,35-,36-/m0/s1. The summed E-state index contributed by atoms with van der Waals surface area (Å²) >= 11 is 0. The Morgan fingerprint density at radius 3 is 1.64 bits per heavy atom. The minimum absolute atomic E-state index is 0.0351. The molecule has 0 saturated heterocycles. The summed E-state index contributed by atoms with van der Waals surface area (Å²) in [5, 5.41) is 0. The molecule has 0 aliphatic rings. The molecule has 0 aromatic heterocycles. The molecule has 0 unspecified atom stereocenters. The SMILES string of the molecule is C=C(C)CO[C@@H](C[C@H](Cc1ccccc1)N=Cc1ccccc1)[C@H](Cc1ccccc1)N=Cc1ccccc1. The van der Waals surface area contributed by atoms with E-state index in [1.807, 2.05) is 55.8 Å². The van der Waals surface area contributed by atoms with E-state index >= 15 is 0 Å². The van der Waals surface area contributed by atoms with E-state index in [9.17, 15) is 0 Å². The van der Waals surface area contributed by atoms with Crippen LogP contribution in [0.2, 0.25) is 0 Å². The maximum Gasteiger partial charge on any atom is 0.0826 e. The summed E-state index contributed by atoms with van der Waals surface area (Å²) in [6, 6.07) is 41.6. The summed E-state index contributed by atoms with van der Waals surface area (Å²) in [5.41, 5.74) is 5.68. The molecule has 0 spiro atoms. The van der Waals surface area contributed by atoms with Gasteiger partial charge in [-0.15, -0.1) is 0 Å². The van der Waals surface area contributed by atoms with Gasteiger partial charge in [0.2, 0.25) is 0 Å². The first kappa shape index (κ1) is 27.9. The quantitative estimate of drug-likeness (QED) is 0.125. The summed E-state index contributed by atoms with van der Waals surface area (Å²) < 4.78 is 6.56. The second-order valence-corrected chi connectivity index (χ2v) is 10.0. The lowest BCUT2D eigenvalue weighted by Crippen LogP contribution is -2.34. The van der Waals surface area contributed by atoms with E-state index in [1.165, 1.54) is 11.1 Å². The van der Waals surface area contributed by atoms with Crippen molar-refractivity contribution in [3.8, 4) is 0 Å².